The Hall–Kier alpha value is -1.62. The van der Waals surface area contributed by atoms with Gasteiger partial charge in [-0.05, 0) is 31.0 Å². The normalized spacial score (nSPS) is 10.6. The fourth-order valence-electron chi connectivity index (χ4n) is 2.21. The highest BCUT2D eigenvalue weighted by Gasteiger charge is 2.18. The number of aromatic nitrogens is 1. The number of fused-ring (bicyclic) bond motifs is 1. The molecule has 0 aliphatic heterocycles. The van der Waals surface area contributed by atoms with Crippen LogP contribution < -0.4 is 5.32 Å². The highest BCUT2D eigenvalue weighted by atomic mass is 79.9. The zero-order chi connectivity index (χ0) is 14.2. The van der Waals surface area contributed by atoms with Gasteiger partial charge in [0, 0.05) is 23.1 Å². The first-order valence-electron chi connectivity index (χ1n) is 5.85. The predicted molar refractivity (Wildman–Crippen MR) is 79.8 cm³/mol. The number of benzene rings is 1. The van der Waals surface area contributed by atoms with E-state index in [2.05, 4.69) is 26.2 Å². The van der Waals surface area contributed by atoms with Crippen LogP contribution in [0.1, 0.15) is 21.5 Å². The maximum absolute atomic E-state index is 11.8. The van der Waals surface area contributed by atoms with Crippen LogP contribution in [0.5, 0.6) is 0 Å². The number of hydrogen-bond donors (Lipinski definition) is 1. The fraction of sp³-hybridized carbons (Fsp3) is 0.286. The van der Waals surface area contributed by atoms with E-state index in [1.807, 2.05) is 19.9 Å². The second-order valence-electron chi connectivity index (χ2n) is 4.32. The molecule has 1 aromatic carbocycles. The van der Waals surface area contributed by atoms with Gasteiger partial charge in [0.1, 0.15) is 5.56 Å². The van der Waals surface area contributed by atoms with Crippen molar-refractivity contribution >= 4 is 38.5 Å². The van der Waals surface area contributed by atoms with E-state index in [-0.39, 0.29) is 0 Å². The van der Waals surface area contributed by atoms with Gasteiger partial charge < -0.3 is 10.1 Å². The number of nitrogens with zero attached hydrogens (tertiary/aromatic N) is 1. The summed E-state index contributed by atoms with van der Waals surface area (Å²) in [7, 11) is 3.15. The first-order chi connectivity index (χ1) is 9.01. The minimum atomic E-state index is -0.394. The van der Waals surface area contributed by atoms with Crippen molar-refractivity contribution in [2.45, 2.75) is 13.8 Å². The number of hydrogen-bond acceptors (Lipinski definition) is 4. The lowest BCUT2D eigenvalue weighted by molar-refractivity contribution is 0.0601. The largest absolute Gasteiger partial charge is 0.465 e. The molecule has 0 saturated carbocycles. The minimum absolute atomic E-state index is 0.394. The summed E-state index contributed by atoms with van der Waals surface area (Å²) in [5.41, 5.74) is 4.21. The number of rotatable bonds is 2. The molecule has 0 unspecified atom stereocenters. The molecule has 100 valence electrons. The van der Waals surface area contributed by atoms with Crippen molar-refractivity contribution in [3.8, 4) is 0 Å². The van der Waals surface area contributed by atoms with Crippen LogP contribution in [-0.4, -0.2) is 25.1 Å². The molecule has 0 saturated heterocycles. The standard InChI is InChI=1S/C14H15BrN2O2/c1-7-5-10-11(8(2)12(7)15)13(16-3)9(6-17-10)14(18)19-4/h5-6H,1-4H3,(H,16,17). The molecule has 0 bridgehead atoms. The molecule has 4 nitrogen and oxygen atoms in total. The average molecular weight is 323 g/mol. The number of aryl methyl sites for hydroxylation is 2. The zero-order valence-corrected chi connectivity index (χ0v) is 12.9. The Morgan fingerprint density at radius 1 is 1.42 bits per heavy atom. The van der Waals surface area contributed by atoms with Crippen molar-refractivity contribution in [2.24, 2.45) is 0 Å². The van der Waals surface area contributed by atoms with Gasteiger partial charge in [-0.3, -0.25) is 4.98 Å². The number of ether oxygens (including phenoxy) is 1. The Bertz CT molecular complexity index is 668. The Morgan fingerprint density at radius 2 is 2.11 bits per heavy atom. The number of esters is 1. The van der Waals surface area contributed by atoms with Crippen LogP contribution in [0.3, 0.4) is 0 Å². The molecule has 0 atom stereocenters. The van der Waals surface area contributed by atoms with E-state index in [9.17, 15) is 4.79 Å². The van der Waals surface area contributed by atoms with E-state index in [1.165, 1.54) is 7.11 Å². The van der Waals surface area contributed by atoms with Crippen LogP contribution >= 0.6 is 15.9 Å². The molecule has 0 aliphatic rings. The zero-order valence-electron chi connectivity index (χ0n) is 11.3. The molecule has 0 amide bonds. The number of anilines is 1. The van der Waals surface area contributed by atoms with E-state index < -0.39 is 5.97 Å². The molecule has 0 fully saturated rings. The summed E-state index contributed by atoms with van der Waals surface area (Å²) in [6.07, 6.45) is 1.55. The molecule has 2 aromatic rings. The minimum Gasteiger partial charge on any atom is -0.465 e. The summed E-state index contributed by atoms with van der Waals surface area (Å²) >= 11 is 3.57. The average Bonchev–Trinajstić information content (AvgIpc) is 2.42. The molecular weight excluding hydrogens is 308 g/mol. The lowest BCUT2D eigenvalue weighted by Gasteiger charge is -2.14. The van der Waals surface area contributed by atoms with Gasteiger partial charge in [-0.15, -0.1) is 0 Å². The topological polar surface area (TPSA) is 51.2 Å². The molecule has 1 N–H and O–H groups in total. The van der Waals surface area contributed by atoms with Crippen LogP contribution in [-0.2, 0) is 4.74 Å². The second kappa shape index (κ2) is 5.17. The molecule has 1 aromatic heterocycles. The number of carbonyl (C=O) groups is 1. The molecule has 0 aliphatic carbocycles. The van der Waals surface area contributed by atoms with Crippen LogP contribution in [0.15, 0.2) is 16.7 Å². The summed E-state index contributed by atoms with van der Waals surface area (Å²) in [5, 5.41) is 4.01. The van der Waals surface area contributed by atoms with Crippen molar-refractivity contribution < 1.29 is 9.53 Å². The quantitative estimate of drug-likeness (QED) is 0.860. The van der Waals surface area contributed by atoms with E-state index in [1.54, 1.807) is 13.2 Å². The maximum atomic E-state index is 11.8. The van der Waals surface area contributed by atoms with Gasteiger partial charge in [-0.1, -0.05) is 15.9 Å². The first kappa shape index (κ1) is 13.8. The number of carbonyl (C=O) groups excluding carboxylic acids is 1. The highest BCUT2D eigenvalue weighted by molar-refractivity contribution is 9.10. The molecule has 19 heavy (non-hydrogen) atoms. The third-order valence-corrected chi connectivity index (χ3v) is 4.39. The van der Waals surface area contributed by atoms with Crippen molar-refractivity contribution in [1.82, 2.24) is 4.98 Å². The number of methoxy groups -OCH3 is 1. The second-order valence-corrected chi connectivity index (χ2v) is 5.11. The lowest BCUT2D eigenvalue weighted by Crippen LogP contribution is -2.08. The van der Waals surface area contributed by atoms with Gasteiger partial charge in [-0.2, -0.15) is 0 Å². The number of halogens is 1. The maximum Gasteiger partial charge on any atom is 0.341 e. The summed E-state index contributed by atoms with van der Waals surface area (Å²) in [5.74, 6) is -0.394. The fourth-order valence-corrected chi connectivity index (χ4v) is 2.53. The monoisotopic (exact) mass is 322 g/mol. The number of pyridine rings is 1. The van der Waals surface area contributed by atoms with E-state index in [0.717, 1.165) is 32.2 Å². The van der Waals surface area contributed by atoms with Gasteiger partial charge in [0.2, 0.25) is 0 Å². The summed E-state index contributed by atoms with van der Waals surface area (Å²) in [6, 6.07) is 1.99. The van der Waals surface area contributed by atoms with Gasteiger partial charge in [-0.25, -0.2) is 4.79 Å². The van der Waals surface area contributed by atoms with Crippen LogP contribution in [0.25, 0.3) is 10.9 Å². The van der Waals surface area contributed by atoms with Gasteiger partial charge in [0.05, 0.1) is 18.3 Å². The molecule has 0 spiro atoms. The van der Waals surface area contributed by atoms with Crippen LogP contribution in [0, 0.1) is 13.8 Å². The smallest absolute Gasteiger partial charge is 0.341 e. The van der Waals surface area contributed by atoms with Crippen molar-refractivity contribution in [3.05, 3.63) is 33.4 Å². The molecule has 2 rings (SSSR count). The van der Waals surface area contributed by atoms with Crippen molar-refractivity contribution in [2.75, 3.05) is 19.5 Å². The molecular formula is C14H15BrN2O2. The van der Waals surface area contributed by atoms with Crippen LogP contribution in [0.4, 0.5) is 5.69 Å². The van der Waals surface area contributed by atoms with E-state index in [4.69, 9.17) is 4.74 Å². The van der Waals surface area contributed by atoms with Gasteiger partial charge in [0.25, 0.3) is 0 Å². The van der Waals surface area contributed by atoms with Crippen molar-refractivity contribution in [3.63, 3.8) is 0 Å². The predicted octanol–water partition coefficient (Wildman–Crippen LogP) is 3.44. The lowest BCUT2D eigenvalue weighted by atomic mass is 10.0. The Kier molecular flexibility index (Phi) is 3.75. The Morgan fingerprint density at radius 3 is 2.68 bits per heavy atom. The van der Waals surface area contributed by atoms with Gasteiger partial charge >= 0.3 is 5.97 Å². The third kappa shape index (κ3) is 2.18. The van der Waals surface area contributed by atoms with Crippen LogP contribution in [0.2, 0.25) is 0 Å². The summed E-state index contributed by atoms with van der Waals surface area (Å²) < 4.78 is 5.82. The van der Waals surface area contributed by atoms with E-state index >= 15 is 0 Å². The molecule has 1 heterocycles. The number of nitrogens with one attached hydrogen (secondary N) is 1. The highest BCUT2D eigenvalue weighted by Crippen LogP contribution is 2.34. The van der Waals surface area contributed by atoms with Crippen molar-refractivity contribution in [1.29, 1.82) is 0 Å². The Labute approximate surface area is 120 Å². The third-order valence-electron chi connectivity index (χ3n) is 3.17. The molecule has 0 radical (unpaired) electrons. The molecule has 5 heteroatoms. The Balaban J connectivity index is 2.89. The first-order valence-corrected chi connectivity index (χ1v) is 6.65. The SMILES string of the molecule is CNc1c(C(=O)OC)cnc2cc(C)c(Br)c(C)c12. The van der Waals surface area contributed by atoms with E-state index in [0.29, 0.717) is 5.56 Å². The van der Waals surface area contributed by atoms with Gasteiger partial charge in [0.15, 0.2) is 0 Å². The summed E-state index contributed by atoms with van der Waals surface area (Å²) in [4.78, 5) is 16.1. The summed E-state index contributed by atoms with van der Waals surface area (Å²) in [6.45, 7) is 4.02.